The molecule has 0 atom stereocenters. The highest BCUT2D eigenvalue weighted by Gasteiger charge is 2.21. The van der Waals surface area contributed by atoms with Crippen LogP contribution in [0.2, 0.25) is 0 Å². The third-order valence-corrected chi connectivity index (χ3v) is 4.03. The van der Waals surface area contributed by atoms with Crippen LogP contribution in [-0.4, -0.2) is 59.9 Å². The lowest BCUT2D eigenvalue weighted by atomic mass is 10.2. The Morgan fingerprint density at radius 1 is 1.37 bits per heavy atom. The van der Waals surface area contributed by atoms with E-state index in [4.69, 9.17) is 0 Å². The van der Waals surface area contributed by atoms with Crippen molar-refractivity contribution in [1.82, 2.24) is 19.6 Å². The Bertz CT molecular complexity index is 426. The molecule has 1 saturated heterocycles. The molecule has 0 unspecified atom stereocenters. The minimum Gasteiger partial charge on any atom is -0.358 e. The summed E-state index contributed by atoms with van der Waals surface area (Å²) in [5.41, 5.74) is 0. The van der Waals surface area contributed by atoms with Gasteiger partial charge in [-0.25, -0.2) is 4.98 Å². The van der Waals surface area contributed by atoms with Gasteiger partial charge in [-0.05, 0) is 0 Å². The number of nitrogens with zero attached hydrogens (tertiary/aromatic N) is 4. The van der Waals surface area contributed by atoms with Crippen molar-refractivity contribution in [1.29, 1.82) is 0 Å². The summed E-state index contributed by atoms with van der Waals surface area (Å²) >= 11 is 1.47. The molecular formula is C12H21N5OS. The third-order valence-electron chi connectivity index (χ3n) is 3.24. The quantitative estimate of drug-likeness (QED) is 0.873. The van der Waals surface area contributed by atoms with E-state index in [-0.39, 0.29) is 5.91 Å². The van der Waals surface area contributed by atoms with Crippen LogP contribution < -0.4 is 10.2 Å². The highest BCUT2D eigenvalue weighted by molar-refractivity contribution is 7.09. The maximum atomic E-state index is 11.3. The molecule has 7 heteroatoms. The summed E-state index contributed by atoms with van der Waals surface area (Å²) in [6.07, 6.45) is 0. The largest absolute Gasteiger partial charge is 0.358 e. The smallest absolute Gasteiger partial charge is 0.233 e. The monoisotopic (exact) mass is 283 g/mol. The summed E-state index contributed by atoms with van der Waals surface area (Å²) in [6.45, 7) is 8.29. The molecular weight excluding hydrogens is 262 g/mol. The van der Waals surface area contributed by atoms with Gasteiger partial charge in [-0.3, -0.25) is 9.69 Å². The number of likely N-dealkylation sites (N-methyl/N-ethyl adjacent to an activating group) is 1. The SMILES string of the molecule is CNC(=O)CN1CCN(c2nc(C(C)C)ns2)CC1. The number of rotatable bonds is 4. The minimum atomic E-state index is 0.0754. The van der Waals surface area contributed by atoms with Crippen molar-refractivity contribution in [3.8, 4) is 0 Å². The maximum Gasteiger partial charge on any atom is 0.233 e. The Hall–Kier alpha value is -1.21. The van der Waals surface area contributed by atoms with Gasteiger partial charge in [-0.1, -0.05) is 13.8 Å². The van der Waals surface area contributed by atoms with Gasteiger partial charge in [0.2, 0.25) is 11.0 Å². The first kappa shape index (κ1) is 14.2. The van der Waals surface area contributed by atoms with Gasteiger partial charge in [0.25, 0.3) is 0 Å². The van der Waals surface area contributed by atoms with Crippen LogP contribution in [0.4, 0.5) is 5.13 Å². The molecule has 1 aliphatic rings. The van der Waals surface area contributed by atoms with Crippen LogP contribution in [0.15, 0.2) is 0 Å². The number of piperazine rings is 1. The van der Waals surface area contributed by atoms with E-state index in [0.717, 1.165) is 37.1 Å². The van der Waals surface area contributed by atoms with E-state index >= 15 is 0 Å². The summed E-state index contributed by atoms with van der Waals surface area (Å²) in [4.78, 5) is 20.3. The maximum absolute atomic E-state index is 11.3. The van der Waals surface area contributed by atoms with Crippen LogP contribution in [0, 0.1) is 0 Å². The van der Waals surface area contributed by atoms with Gasteiger partial charge >= 0.3 is 0 Å². The molecule has 0 spiro atoms. The Balaban J connectivity index is 1.87. The summed E-state index contributed by atoms with van der Waals surface area (Å²) in [5.74, 6) is 1.37. The topological polar surface area (TPSA) is 61.4 Å². The van der Waals surface area contributed by atoms with Crippen molar-refractivity contribution < 1.29 is 4.79 Å². The fourth-order valence-electron chi connectivity index (χ4n) is 1.97. The van der Waals surface area contributed by atoms with Gasteiger partial charge in [0.15, 0.2) is 0 Å². The van der Waals surface area contributed by atoms with Crippen molar-refractivity contribution in [2.24, 2.45) is 0 Å². The molecule has 106 valence electrons. The summed E-state index contributed by atoms with van der Waals surface area (Å²) < 4.78 is 4.38. The molecule has 1 aliphatic heterocycles. The average Bonchev–Trinajstić information content (AvgIpc) is 2.89. The van der Waals surface area contributed by atoms with Gasteiger partial charge in [-0.15, -0.1) is 0 Å². The predicted molar refractivity (Wildman–Crippen MR) is 76.7 cm³/mol. The fourth-order valence-corrected chi connectivity index (χ4v) is 2.83. The lowest BCUT2D eigenvalue weighted by molar-refractivity contribution is -0.121. The predicted octanol–water partition coefficient (Wildman–Crippen LogP) is 0.529. The van der Waals surface area contributed by atoms with E-state index < -0.39 is 0 Å². The molecule has 1 N–H and O–H groups in total. The van der Waals surface area contributed by atoms with Crippen LogP contribution in [0.1, 0.15) is 25.6 Å². The summed E-state index contributed by atoms with van der Waals surface area (Å²) in [6, 6.07) is 0. The molecule has 0 saturated carbocycles. The molecule has 2 rings (SSSR count). The van der Waals surface area contributed by atoms with Crippen LogP contribution in [0.25, 0.3) is 0 Å². The number of carbonyl (C=O) groups is 1. The number of anilines is 1. The number of carbonyl (C=O) groups excluding carboxylic acids is 1. The number of amides is 1. The molecule has 0 radical (unpaired) electrons. The molecule has 1 fully saturated rings. The number of hydrogen-bond acceptors (Lipinski definition) is 6. The Morgan fingerprint density at radius 3 is 2.58 bits per heavy atom. The van der Waals surface area contributed by atoms with Crippen LogP contribution >= 0.6 is 11.5 Å². The molecule has 1 aromatic rings. The zero-order valence-electron chi connectivity index (χ0n) is 11.7. The first-order valence-corrected chi connectivity index (χ1v) is 7.39. The zero-order chi connectivity index (χ0) is 13.8. The van der Waals surface area contributed by atoms with Crippen molar-refractivity contribution in [2.75, 3.05) is 44.7 Å². The molecule has 0 bridgehead atoms. The second-order valence-corrected chi connectivity index (χ2v) is 5.76. The highest BCUT2D eigenvalue weighted by Crippen LogP contribution is 2.22. The van der Waals surface area contributed by atoms with E-state index in [1.165, 1.54) is 11.5 Å². The van der Waals surface area contributed by atoms with Gasteiger partial charge in [0.05, 0.1) is 6.54 Å². The zero-order valence-corrected chi connectivity index (χ0v) is 12.5. The van der Waals surface area contributed by atoms with Gasteiger partial charge in [0.1, 0.15) is 5.82 Å². The van der Waals surface area contributed by atoms with E-state index in [2.05, 4.69) is 38.3 Å². The van der Waals surface area contributed by atoms with Gasteiger partial charge in [0, 0.05) is 50.7 Å². The standard InChI is InChI=1S/C12H21N5OS/c1-9(2)11-14-12(19-15-11)17-6-4-16(5-7-17)8-10(18)13-3/h9H,4-8H2,1-3H3,(H,13,18). The number of nitrogens with one attached hydrogen (secondary N) is 1. The molecule has 0 aromatic carbocycles. The Morgan fingerprint density at radius 2 is 2.05 bits per heavy atom. The molecule has 0 aliphatic carbocycles. The van der Waals surface area contributed by atoms with Gasteiger partial charge < -0.3 is 10.2 Å². The summed E-state index contributed by atoms with van der Waals surface area (Å²) in [5, 5.41) is 3.66. The molecule has 1 amide bonds. The molecule has 2 heterocycles. The molecule has 19 heavy (non-hydrogen) atoms. The number of aromatic nitrogens is 2. The average molecular weight is 283 g/mol. The fraction of sp³-hybridized carbons (Fsp3) is 0.750. The Kier molecular flexibility index (Phi) is 4.71. The van der Waals surface area contributed by atoms with E-state index in [0.29, 0.717) is 12.5 Å². The molecule has 1 aromatic heterocycles. The van der Waals surface area contributed by atoms with E-state index in [1.54, 1.807) is 7.05 Å². The van der Waals surface area contributed by atoms with Crippen LogP contribution in [0.3, 0.4) is 0 Å². The van der Waals surface area contributed by atoms with Gasteiger partial charge in [-0.2, -0.15) is 4.37 Å². The lowest BCUT2D eigenvalue weighted by Gasteiger charge is -2.33. The minimum absolute atomic E-state index is 0.0754. The van der Waals surface area contributed by atoms with Crippen LogP contribution in [-0.2, 0) is 4.79 Å². The summed E-state index contributed by atoms with van der Waals surface area (Å²) in [7, 11) is 1.67. The second-order valence-electron chi connectivity index (χ2n) is 5.03. The van der Waals surface area contributed by atoms with Crippen LogP contribution in [0.5, 0.6) is 0 Å². The van der Waals surface area contributed by atoms with E-state index in [1.807, 2.05) is 0 Å². The van der Waals surface area contributed by atoms with Crippen molar-refractivity contribution in [3.63, 3.8) is 0 Å². The second kappa shape index (κ2) is 6.29. The normalized spacial score (nSPS) is 16.9. The number of hydrogen-bond donors (Lipinski definition) is 1. The Labute approximate surface area is 118 Å². The first-order chi connectivity index (χ1) is 9.10. The lowest BCUT2D eigenvalue weighted by Crippen LogP contribution is -2.49. The molecule has 6 nitrogen and oxygen atoms in total. The van der Waals surface area contributed by atoms with Crippen molar-refractivity contribution in [2.45, 2.75) is 19.8 Å². The third kappa shape index (κ3) is 3.63. The van der Waals surface area contributed by atoms with Crippen molar-refractivity contribution >= 4 is 22.6 Å². The van der Waals surface area contributed by atoms with Crippen molar-refractivity contribution in [3.05, 3.63) is 5.82 Å². The first-order valence-electron chi connectivity index (χ1n) is 6.61. The highest BCUT2D eigenvalue weighted by atomic mass is 32.1. The van der Waals surface area contributed by atoms with E-state index in [9.17, 15) is 4.79 Å².